The molecule has 5 N–H and O–H groups in total. The van der Waals surface area contributed by atoms with Crippen molar-refractivity contribution in [2.45, 2.75) is 58.0 Å². The maximum atomic E-state index is 11.6. The summed E-state index contributed by atoms with van der Waals surface area (Å²) in [4.78, 5) is 0. The van der Waals surface area contributed by atoms with Crippen LogP contribution in [0.25, 0.3) is 0 Å². The lowest BCUT2D eigenvalue weighted by molar-refractivity contribution is -0.215. The summed E-state index contributed by atoms with van der Waals surface area (Å²) in [5.74, 6) is 0.292. The van der Waals surface area contributed by atoms with E-state index in [4.69, 9.17) is 0 Å². The lowest BCUT2D eigenvalue weighted by Gasteiger charge is -2.51. The summed E-state index contributed by atoms with van der Waals surface area (Å²) < 4.78 is 0. The van der Waals surface area contributed by atoms with E-state index in [-0.39, 0.29) is 23.2 Å². The first-order valence-corrected chi connectivity index (χ1v) is 9.32. The highest BCUT2D eigenvalue weighted by atomic mass is 16.4. The fourth-order valence-corrected chi connectivity index (χ4v) is 6.74. The molecule has 0 aromatic rings. The molecule has 5 nitrogen and oxygen atoms in total. The summed E-state index contributed by atoms with van der Waals surface area (Å²) in [6.07, 6.45) is 0.801. The maximum absolute atomic E-state index is 11.6. The van der Waals surface area contributed by atoms with Crippen molar-refractivity contribution in [2.24, 2.45) is 34.5 Å². The van der Waals surface area contributed by atoms with E-state index in [2.05, 4.69) is 13.8 Å². The highest BCUT2D eigenvalue weighted by molar-refractivity contribution is 5.42. The normalized spacial score (nSPS) is 56.1. The van der Waals surface area contributed by atoms with Crippen molar-refractivity contribution in [2.75, 3.05) is 6.61 Å². The Morgan fingerprint density at radius 2 is 1.80 bits per heavy atom. The van der Waals surface area contributed by atoms with E-state index in [0.717, 1.165) is 6.42 Å². The molecule has 0 amide bonds. The molecule has 1 unspecified atom stereocenters. The molecule has 4 rings (SSSR count). The van der Waals surface area contributed by atoms with Crippen LogP contribution < -0.4 is 0 Å². The number of fused-ring (bicyclic) bond motifs is 3. The molecule has 0 radical (unpaired) electrons. The van der Waals surface area contributed by atoms with Crippen LogP contribution in [0.5, 0.6) is 0 Å². The van der Waals surface area contributed by atoms with Gasteiger partial charge in [0.25, 0.3) is 0 Å². The van der Waals surface area contributed by atoms with Crippen molar-refractivity contribution in [1.82, 2.24) is 0 Å². The second kappa shape index (κ2) is 4.96. The van der Waals surface area contributed by atoms with Gasteiger partial charge in [0, 0.05) is 5.92 Å². The average Bonchev–Trinajstić information content (AvgIpc) is 3.05. The zero-order chi connectivity index (χ0) is 18.5. The molecule has 4 aliphatic carbocycles. The number of aliphatic hydroxyl groups excluding tert-OH is 4. The average molecular weight is 350 g/mol. The third-order valence-corrected chi connectivity index (χ3v) is 8.20. The lowest BCUT2D eigenvalue weighted by atomic mass is 9.58. The first kappa shape index (κ1) is 17.7. The zero-order valence-electron chi connectivity index (χ0n) is 15.3. The van der Waals surface area contributed by atoms with Gasteiger partial charge in [-0.2, -0.15) is 0 Å². The van der Waals surface area contributed by atoms with E-state index in [1.807, 2.05) is 6.92 Å². The Labute approximate surface area is 148 Å². The van der Waals surface area contributed by atoms with Gasteiger partial charge in [-0.25, -0.2) is 0 Å². The zero-order valence-corrected chi connectivity index (χ0v) is 15.3. The van der Waals surface area contributed by atoms with Crippen LogP contribution in [0.15, 0.2) is 23.3 Å². The quantitative estimate of drug-likeness (QED) is 0.446. The lowest BCUT2D eigenvalue weighted by Crippen LogP contribution is -2.66. The van der Waals surface area contributed by atoms with E-state index in [9.17, 15) is 25.5 Å². The third-order valence-electron chi connectivity index (χ3n) is 8.20. The molecule has 0 aromatic carbocycles. The SMILES string of the molecule is CC1=C[C@@]23C(O)[C@H](C=C(CO)[C@H](O)[C@@]2(O)[C@H]1O)[C@@H]1[C@H](C[C@@H]3C)C1(C)C. The van der Waals surface area contributed by atoms with Crippen molar-refractivity contribution < 1.29 is 25.5 Å². The third kappa shape index (κ3) is 1.77. The molecule has 25 heavy (non-hydrogen) atoms. The van der Waals surface area contributed by atoms with Crippen LogP contribution in [0.2, 0.25) is 0 Å². The van der Waals surface area contributed by atoms with Gasteiger partial charge in [0.1, 0.15) is 17.8 Å². The first-order chi connectivity index (χ1) is 11.5. The van der Waals surface area contributed by atoms with Crippen molar-refractivity contribution in [3.8, 4) is 0 Å². The van der Waals surface area contributed by atoms with Gasteiger partial charge in [-0.3, -0.25) is 0 Å². The van der Waals surface area contributed by atoms with Gasteiger partial charge in [-0.1, -0.05) is 32.9 Å². The van der Waals surface area contributed by atoms with E-state index in [0.29, 0.717) is 17.1 Å². The van der Waals surface area contributed by atoms with Crippen LogP contribution in [-0.4, -0.2) is 56.1 Å². The fourth-order valence-electron chi connectivity index (χ4n) is 6.74. The number of hydrogen-bond donors (Lipinski definition) is 5. The first-order valence-electron chi connectivity index (χ1n) is 9.32. The molecule has 1 spiro atoms. The van der Waals surface area contributed by atoms with Crippen LogP contribution in [-0.2, 0) is 0 Å². The largest absolute Gasteiger partial charge is 0.392 e. The second-order valence-corrected chi connectivity index (χ2v) is 9.46. The van der Waals surface area contributed by atoms with Crippen LogP contribution in [0.4, 0.5) is 0 Å². The van der Waals surface area contributed by atoms with Crippen LogP contribution in [0.1, 0.15) is 34.1 Å². The smallest absolute Gasteiger partial charge is 0.136 e. The van der Waals surface area contributed by atoms with Crippen molar-refractivity contribution in [3.05, 3.63) is 23.3 Å². The maximum Gasteiger partial charge on any atom is 0.136 e. The molecule has 4 aliphatic rings. The molecule has 2 saturated carbocycles. The van der Waals surface area contributed by atoms with Gasteiger partial charge >= 0.3 is 0 Å². The summed E-state index contributed by atoms with van der Waals surface area (Å²) >= 11 is 0. The van der Waals surface area contributed by atoms with Gasteiger partial charge in [0.2, 0.25) is 0 Å². The van der Waals surface area contributed by atoms with E-state index < -0.39 is 35.9 Å². The highest BCUT2D eigenvalue weighted by Crippen LogP contribution is 2.72. The molecule has 0 aliphatic heterocycles. The molecule has 0 saturated heterocycles. The Hall–Kier alpha value is -0.720. The Morgan fingerprint density at radius 3 is 2.40 bits per heavy atom. The predicted molar refractivity (Wildman–Crippen MR) is 92.4 cm³/mol. The Bertz CT molecular complexity index is 667. The summed E-state index contributed by atoms with van der Waals surface area (Å²) in [5.41, 5.74) is -2.11. The minimum absolute atomic E-state index is 0.0853. The van der Waals surface area contributed by atoms with E-state index in [1.165, 1.54) is 0 Å². The topological polar surface area (TPSA) is 101 Å². The molecular formula is C20H30O5. The van der Waals surface area contributed by atoms with Crippen LogP contribution in [0, 0.1) is 34.5 Å². The number of aliphatic hydroxyl groups is 5. The number of hydrogen-bond acceptors (Lipinski definition) is 5. The van der Waals surface area contributed by atoms with Crippen molar-refractivity contribution >= 4 is 0 Å². The van der Waals surface area contributed by atoms with Crippen LogP contribution >= 0.6 is 0 Å². The summed E-state index contributed by atoms with van der Waals surface area (Å²) in [6.45, 7) is 7.72. The second-order valence-electron chi connectivity index (χ2n) is 9.46. The minimum Gasteiger partial charge on any atom is -0.392 e. The molecule has 2 bridgehead atoms. The van der Waals surface area contributed by atoms with Gasteiger partial charge < -0.3 is 25.5 Å². The van der Waals surface area contributed by atoms with Gasteiger partial charge in [0.05, 0.1) is 18.1 Å². The Morgan fingerprint density at radius 1 is 1.16 bits per heavy atom. The summed E-state index contributed by atoms with van der Waals surface area (Å²) in [7, 11) is 0. The monoisotopic (exact) mass is 350 g/mol. The molecule has 0 heterocycles. The summed E-state index contributed by atoms with van der Waals surface area (Å²) in [6, 6.07) is 0. The van der Waals surface area contributed by atoms with Crippen LogP contribution in [0.3, 0.4) is 0 Å². The van der Waals surface area contributed by atoms with Gasteiger partial charge in [0.15, 0.2) is 0 Å². The van der Waals surface area contributed by atoms with Gasteiger partial charge in [-0.15, -0.1) is 0 Å². The predicted octanol–water partition coefficient (Wildman–Crippen LogP) is 0.607. The standard InChI is InChI=1S/C20H30O5/c1-9-7-19-10(2)5-13-14(18(13,3)4)12(17(19)24)6-11(8-21)16(23)20(19,25)15(9)22/h6-7,10,12-17,21-25H,5,8H2,1-4H3/t10-,12+,13-,14+,15-,16-,17?,19+,20-/m0/s1. The van der Waals surface area contributed by atoms with E-state index >= 15 is 0 Å². The summed E-state index contributed by atoms with van der Waals surface area (Å²) in [5, 5.41) is 54.7. The molecular weight excluding hydrogens is 320 g/mol. The highest BCUT2D eigenvalue weighted by Gasteiger charge is 2.75. The van der Waals surface area contributed by atoms with E-state index in [1.54, 1.807) is 19.1 Å². The molecule has 2 fully saturated rings. The fraction of sp³-hybridized carbons (Fsp3) is 0.800. The Balaban J connectivity index is 1.98. The minimum atomic E-state index is -1.93. The number of rotatable bonds is 1. The Kier molecular flexibility index (Phi) is 3.51. The van der Waals surface area contributed by atoms with Crippen molar-refractivity contribution in [1.29, 1.82) is 0 Å². The molecule has 140 valence electrons. The molecule has 5 heteroatoms. The molecule has 9 atom stereocenters. The van der Waals surface area contributed by atoms with Crippen molar-refractivity contribution in [3.63, 3.8) is 0 Å². The van der Waals surface area contributed by atoms with Gasteiger partial charge in [-0.05, 0) is 47.7 Å². The molecule has 0 aromatic heterocycles.